The van der Waals surface area contributed by atoms with Crippen molar-refractivity contribution in [2.24, 2.45) is 17.3 Å². The van der Waals surface area contributed by atoms with Crippen LogP contribution < -0.4 is 5.32 Å². The van der Waals surface area contributed by atoms with E-state index in [1.54, 1.807) is 13.8 Å². The predicted octanol–water partition coefficient (Wildman–Crippen LogP) is 1.81. The monoisotopic (exact) mass is 323 g/mol. The van der Waals surface area contributed by atoms with Crippen molar-refractivity contribution in [2.45, 2.75) is 26.3 Å². The fourth-order valence-corrected chi connectivity index (χ4v) is 2.97. The second-order valence-corrected chi connectivity index (χ2v) is 6.33. The largest absolute Gasteiger partial charge is 0.481 e. The zero-order valence-electron chi connectivity index (χ0n) is 12.7. The molecule has 1 saturated carbocycles. The Morgan fingerprint density at radius 2 is 1.74 bits per heavy atom. The molecule has 0 bridgehead atoms. The number of hydrogen-bond acceptors (Lipinski definition) is 3. The third-order valence-electron chi connectivity index (χ3n) is 4.34. The summed E-state index contributed by atoms with van der Waals surface area (Å²) in [5, 5.41) is 20.7. The summed E-state index contributed by atoms with van der Waals surface area (Å²) in [5.41, 5.74) is -0.223. The van der Waals surface area contributed by atoms with Crippen molar-refractivity contribution in [3.63, 3.8) is 0 Å². The second kappa shape index (κ2) is 5.98. The Hall–Kier alpha value is -2.44. The summed E-state index contributed by atoms with van der Waals surface area (Å²) < 4.78 is 13.0. The first-order valence-corrected chi connectivity index (χ1v) is 7.15. The number of halogens is 1. The van der Waals surface area contributed by atoms with Gasteiger partial charge in [-0.15, -0.1) is 0 Å². The maximum absolute atomic E-state index is 13.0. The molecule has 2 rings (SSSR count). The van der Waals surface area contributed by atoms with Gasteiger partial charge in [-0.05, 0) is 23.1 Å². The lowest BCUT2D eigenvalue weighted by Gasteiger charge is -2.18. The fourth-order valence-electron chi connectivity index (χ4n) is 2.97. The van der Waals surface area contributed by atoms with E-state index in [0.29, 0.717) is 5.56 Å². The summed E-state index contributed by atoms with van der Waals surface area (Å²) in [5.74, 6) is -4.64. The number of rotatable bonds is 6. The highest BCUT2D eigenvalue weighted by atomic mass is 19.1. The minimum Gasteiger partial charge on any atom is -0.481 e. The van der Waals surface area contributed by atoms with Gasteiger partial charge in [0.1, 0.15) is 5.82 Å². The summed E-state index contributed by atoms with van der Waals surface area (Å²) in [6.07, 6.45) is -0.373. The van der Waals surface area contributed by atoms with E-state index in [4.69, 9.17) is 10.2 Å². The van der Waals surface area contributed by atoms with Crippen LogP contribution in [0.2, 0.25) is 0 Å². The molecule has 1 aromatic rings. The Morgan fingerprint density at radius 1 is 1.17 bits per heavy atom. The van der Waals surface area contributed by atoms with Crippen LogP contribution in [0.5, 0.6) is 0 Å². The average Bonchev–Trinajstić information content (AvgIpc) is 3.01. The summed E-state index contributed by atoms with van der Waals surface area (Å²) in [6, 6.07) is 4.31. The Balaban J connectivity index is 2.15. The van der Waals surface area contributed by atoms with Crippen molar-refractivity contribution in [3.8, 4) is 0 Å². The third-order valence-corrected chi connectivity index (χ3v) is 4.34. The van der Waals surface area contributed by atoms with Gasteiger partial charge in [0, 0.05) is 0 Å². The first-order chi connectivity index (χ1) is 10.6. The molecule has 0 spiro atoms. The second-order valence-electron chi connectivity index (χ2n) is 6.33. The van der Waals surface area contributed by atoms with E-state index in [1.807, 2.05) is 0 Å². The van der Waals surface area contributed by atoms with Crippen LogP contribution in [0.15, 0.2) is 24.3 Å². The van der Waals surface area contributed by atoms with Gasteiger partial charge in [-0.3, -0.25) is 14.4 Å². The molecule has 0 radical (unpaired) electrons. The number of aliphatic carboxylic acids is 2. The number of nitrogens with one attached hydrogen (secondary N) is 1. The van der Waals surface area contributed by atoms with Crippen molar-refractivity contribution in [2.75, 3.05) is 0 Å². The number of carbonyl (C=O) groups excluding carboxylic acids is 1. The molecule has 0 heterocycles. The zero-order chi connectivity index (χ0) is 17.4. The number of benzene rings is 1. The molecule has 1 fully saturated rings. The molecule has 0 unspecified atom stereocenters. The van der Waals surface area contributed by atoms with Crippen molar-refractivity contribution < 1.29 is 29.0 Å². The van der Waals surface area contributed by atoms with Gasteiger partial charge < -0.3 is 15.5 Å². The lowest BCUT2D eigenvalue weighted by Crippen LogP contribution is -2.32. The standard InChI is InChI=1S/C16H18FNO5/c1-16(2)12(13(16)15(22)23)14(21)18-10(7-11(19)20)8-3-5-9(17)6-4-8/h3-6,10,12-13H,7H2,1-2H3,(H,18,21)(H,19,20)(H,22,23)/t10-,12-,13-/m0/s1. The lowest BCUT2D eigenvalue weighted by molar-refractivity contribution is -0.141. The highest BCUT2D eigenvalue weighted by Gasteiger charge is 2.66. The van der Waals surface area contributed by atoms with E-state index in [1.165, 1.54) is 24.3 Å². The normalized spacial score (nSPS) is 22.9. The molecule has 124 valence electrons. The quantitative estimate of drug-likeness (QED) is 0.741. The fraction of sp³-hybridized carbons (Fsp3) is 0.438. The van der Waals surface area contributed by atoms with E-state index < -0.39 is 47.0 Å². The smallest absolute Gasteiger partial charge is 0.307 e. The van der Waals surface area contributed by atoms with Crippen LogP contribution in [0.1, 0.15) is 31.9 Å². The van der Waals surface area contributed by atoms with Crippen LogP contribution in [-0.4, -0.2) is 28.1 Å². The predicted molar refractivity (Wildman–Crippen MR) is 77.9 cm³/mol. The molecule has 6 nitrogen and oxygen atoms in total. The first-order valence-electron chi connectivity index (χ1n) is 7.15. The van der Waals surface area contributed by atoms with Crippen LogP contribution in [0, 0.1) is 23.1 Å². The van der Waals surface area contributed by atoms with E-state index in [0.717, 1.165) is 0 Å². The molecule has 3 N–H and O–H groups in total. The van der Waals surface area contributed by atoms with E-state index in [-0.39, 0.29) is 6.42 Å². The Bertz CT molecular complexity index is 640. The molecule has 0 saturated heterocycles. The van der Waals surface area contributed by atoms with Crippen LogP contribution >= 0.6 is 0 Å². The number of carbonyl (C=O) groups is 3. The molecule has 1 aromatic carbocycles. The number of carboxylic acid groups (broad SMARTS) is 2. The van der Waals surface area contributed by atoms with Gasteiger partial charge in [0.15, 0.2) is 0 Å². The third kappa shape index (κ3) is 3.49. The van der Waals surface area contributed by atoms with Gasteiger partial charge in [-0.1, -0.05) is 26.0 Å². The lowest BCUT2D eigenvalue weighted by atomic mass is 10.0. The number of carboxylic acids is 2. The summed E-state index contributed by atoms with van der Waals surface area (Å²) in [4.78, 5) is 34.5. The van der Waals surface area contributed by atoms with Gasteiger partial charge in [0.2, 0.25) is 5.91 Å². The molecule has 7 heteroatoms. The van der Waals surface area contributed by atoms with Gasteiger partial charge >= 0.3 is 11.9 Å². The highest BCUT2D eigenvalue weighted by molar-refractivity contribution is 5.92. The summed E-state index contributed by atoms with van der Waals surface area (Å²) >= 11 is 0. The maximum Gasteiger partial charge on any atom is 0.307 e. The first kappa shape index (κ1) is 16.9. The van der Waals surface area contributed by atoms with Crippen LogP contribution in [-0.2, 0) is 14.4 Å². The maximum atomic E-state index is 13.0. The average molecular weight is 323 g/mol. The zero-order valence-corrected chi connectivity index (χ0v) is 12.7. The van der Waals surface area contributed by atoms with Crippen molar-refractivity contribution in [1.82, 2.24) is 5.32 Å². The van der Waals surface area contributed by atoms with Crippen LogP contribution in [0.25, 0.3) is 0 Å². The molecular weight excluding hydrogens is 305 g/mol. The summed E-state index contributed by atoms with van der Waals surface area (Å²) in [7, 11) is 0. The molecule has 1 aliphatic rings. The van der Waals surface area contributed by atoms with E-state index in [2.05, 4.69) is 5.32 Å². The van der Waals surface area contributed by atoms with Gasteiger partial charge in [-0.2, -0.15) is 0 Å². The molecule has 0 aliphatic heterocycles. The van der Waals surface area contributed by atoms with Crippen LogP contribution in [0.4, 0.5) is 4.39 Å². The molecule has 1 amide bonds. The number of amides is 1. The molecule has 0 aromatic heterocycles. The molecular formula is C16H18FNO5. The topological polar surface area (TPSA) is 104 Å². The van der Waals surface area contributed by atoms with Crippen molar-refractivity contribution in [1.29, 1.82) is 0 Å². The minimum atomic E-state index is -1.12. The molecule has 1 aliphatic carbocycles. The number of hydrogen-bond donors (Lipinski definition) is 3. The summed E-state index contributed by atoms with van der Waals surface area (Å²) in [6.45, 7) is 3.36. The van der Waals surface area contributed by atoms with E-state index in [9.17, 15) is 18.8 Å². The van der Waals surface area contributed by atoms with Crippen LogP contribution in [0.3, 0.4) is 0 Å². The van der Waals surface area contributed by atoms with Crippen molar-refractivity contribution >= 4 is 17.8 Å². The Morgan fingerprint density at radius 3 is 2.17 bits per heavy atom. The minimum absolute atomic E-state index is 0.373. The van der Waals surface area contributed by atoms with Gasteiger partial charge in [0.25, 0.3) is 0 Å². The Kier molecular flexibility index (Phi) is 4.40. The highest BCUT2D eigenvalue weighted by Crippen LogP contribution is 2.58. The van der Waals surface area contributed by atoms with Gasteiger partial charge in [0.05, 0.1) is 24.3 Å². The Labute approximate surface area is 132 Å². The molecule has 23 heavy (non-hydrogen) atoms. The molecule has 3 atom stereocenters. The SMILES string of the molecule is CC1(C)[C@H](C(=O)O)[C@H]1C(=O)N[C@@H](CC(=O)O)c1ccc(F)cc1. The van der Waals surface area contributed by atoms with E-state index >= 15 is 0 Å². The van der Waals surface area contributed by atoms with Gasteiger partial charge in [-0.25, -0.2) is 4.39 Å². The van der Waals surface area contributed by atoms with Crippen molar-refractivity contribution in [3.05, 3.63) is 35.6 Å².